The van der Waals surface area contributed by atoms with Crippen molar-refractivity contribution in [2.75, 3.05) is 7.11 Å². The molecular weight excluding hydrogens is 452 g/mol. The maximum absolute atomic E-state index is 12.7. The highest BCUT2D eigenvalue weighted by Gasteiger charge is 2.20. The highest BCUT2D eigenvalue weighted by atomic mass is 32.1. The molecule has 1 aromatic carbocycles. The van der Waals surface area contributed by atoms with Gasteiger partial charge in [-0.15, -0.1) is 11.3 Å². The molecule has 0 aliphatic heterocycles. The van der Waals surface area contributed by atoms with Crippen LogP contribution in [0.3, 0.4) is 0 Å². The van der Waals surface area contributed by atoms with E-state index in [1.165, 1.54) is 11.3 Å². The lowest BCUT2D eigenvalue weighted by Gasteiger charge is -2.16. The van der Waals surface area contributed by atoms with Crippen LogP contribution in [0.1, 0.15) is 53.6 Å². The number of rotatable bonds is 11. The molecule has 3 aromatic heterocycles. The average molecular weight is 479 g/mol. The zero-order valence-corrected chi connectivity index (χ0v) is 19.6. The summed E-state index contributed by atoms with van der Waals surface area (Å²) in [5, 5.41) is 4.04. The van der Waals surface area contributed by atoms with E-state index in [9.17, 15) is 9.59 Å². The molecule has 0 unspecified atom stereocenters. The van der Waals surface area contributed by atoms with Gasteiger partial charge in [-0.2, -0.15) is 0 Å². The van der Waals surface area contributed by atoms with Gasteiger partial charge in [-0.3, -0.25) is 19.6 Å². The first kappa shape index (κ1) is 23.4. The monoisotopic (exact) mass is 478 g/mol. The summed E-state index contributed by atoms with van der Waals surface area (Å²) >= 11 is 1.29. The first-order valence-corrected chi connectivity index (χ1v) is 11.9. The fourth-order valence-corrected chi connectivity index (χ4v) is 4.22. The fourth-order valence-electron chi connectivity index (χ4n) is 3.70. The van der Waals surface area contributed by atoms with Crippen LogP contribution >= 0.6 is 11.3 Å². The number of aromatic nitrogens is 4. The number of carbonyl (C=O) groups excluding carboxylic acids is 2. The molecule has 0 saturated carbocycles. The molecule has 4 rings (SSSR count). The van der Waals surface area contributed by atoms with Crippen LogP contribution in [-0.4, -0.2) is 38.9 Å². The summed E-state index contributed by atoms with van der Waals surface area (Å²) in [4.78, 5) is 40.6. The number of methoxy groups -OCH3 is 1. The number of thiazole rings is 1. The number of imidazole rings is 1. The van der Waals surface area contributed by atoms with Gasteiger partial charge in [0.15, 0.2) is 0 Å². The van der Waals surface area contributed by atoms with Gasteiger partial charge in [0.1, 0.15) is 16.5 Å². The number of nitrogens with zero attached hydrogens (tertiary/aromatic N) is 3. The van der Waals surface area contributed by atoms with Gasteiger partial charge in [0.25, 0.3) is 5.91 Å². The van der Waals surface area contributed by atoms with Crippen molar-refractivity contribution in [1.82, 2.24) is 25.3 Å². The minimum atomic E-state index is -0.306. The number of carbonyl (C=O) groups is 2. The normalized spacial score (nSPS) is 11.9. The molecular formula is C24H26N6O3S. The van der Waals surface area contributed by atoms with E-state index in [-0.39, 0.29) is 17.9 Å². The fraction of sp³-hybridized carbons (Fsp3) is 0.292. The summed E-state index contributed by atoms with van der Waals surface area (Å²) < 4.78 is 5.25. The molecule has 0 spiro atoms. The number of nitrogens with two attached hydrogens (primary N) is 1. The number of amides is 2. The van der Waals surface area contributed by atoms with Crippen molar-refractivity contribution in [1.29, 1.82) is 0 Å². The number of aromatic amines is 1. The average Bonchev–Trinajstić information content (AvgIpc) is 3.55. The molecule has 4 N–H and O–H groups in total. The van der Waals surface area contributed by atoms with Crippen LogP contribution in [0, 0.1) is 0 Å². The van der Waals surface area contributed by atoms with E-state index in [1.807, 2.05) is 24.3 Å². The van der Waals surface area contributed by atoms with E-state index in [0.29, 0.717) is 29.3 Å². The van der Waals surface area contributed by atoms with Crippen LogP contribution in [0.4, 0.5) is 0 Å². The molecule has 0 saturated heterocycles. The van der Waals surface area contributed by atoms with Gasteiger partial charge in [0.05, 0.1) is 48.5 Å². The van der Waals surface area contributed by atoms with Crippen molar-refractivity contribution in [3.05, 3.63) is 59.1 Å². The van der Waals surface area contributed by atoms with Gasteiger partial charge >= 0.3 is 0 Å². The Hall–Kier alpha value is -3.79. The van der Waals surface area contributed by atoms with Crippen molar-refractivity contribution in [3.63, 3.8) is 0 Å². The molecule has 0 aliphatic rings. The maximum atomic E-state index is 12.7. The summed E-state index contributed by atoms with van der Waals surface area (Å²) in [6, 6.07) is 7.60. The standard InChI is InChI=1S/C24H26N6O3S/c1-33-17-9-15-7-8-16(10-19(15)27-11-17)20-12-28-23(29-20)18(5-3-2-4-6-22(25)31)30-24(32)21-13-26-14-34-21/h7-14,18H,2-6H2,1H3,(H2,25,31)(H,28,29)(H,30,32)/t18-/m0/s1. The van der Waals surface area contributed by atoms with E-state index < -0.39 is 0 Å². The molecule has 2 amide bonds. The molecule has 10 heteroatoms. The first-order valence-electron chi connectivity index (χ1n) is 11.0. The largest absolute Gasteiger partial charge is 0.495 e. The van der Waals surface area contributed by atoms with Gasteiger partial charge in [0.2, 0.25) is 5.91 Å². The summed E-state index contributed by atoms with van der Waals surface area (Å²) in [7, 11) is 1.62. The van der Waals surface area contributed by atoms with Crippen LogP contribution in [0.15, 0.2) is 48.4 Å². The molecule has 1 atom stereocenters. The predicted molar refractivity (Wildman–Crippen MR) is 130 cm³/mol. The Kier molecular flexibility index (Phi) is 7.48. The Bertz CT molecular complexity index is 1270. The number of H-pyrrole nitrogens is 1. The first-order chi connectivity index (χ1) is 16.5. The quantitative estimate of drug-likeness (QED) is 0.279. The van der Waals surface area contributed by atoms with Gasteiger partial charge in [-0.1, -0.05) is 25.0 Å². The zero-order valence-electron chi connectivity index (χ0n) is 18.8. The molecule has 0 radical (unpaired) electrons. The number of hydrogen-bond donors (Lipinski definition) is 3. The highest BCUT2D eigenvalue weighted by molar-refractivity contribution is 7.11. The molecule has 9 nitrogen and oxygen atoms in total. The van der Waals surface area contributed by atoms with Crippen LogP contribution in [0.5, 0.6) is 5.75 Å². The van der Waals surface area contributed by atoms with Crippen LogP contribution in [0.2, 0.25) is 0 Å². The number of pyridine rings is 1. The molecule has 0 bridgehead atoms. The highest BCUT2D eigenvalue weighted by Crippen LogP contribution is 2.27. The summed E-state index contributed by atoms with van der Waals surface area (Å²) in [5.41, 5.74) is 9.48. The number of primary amides is 1. The lowest BCUT2D eigenvalue weighted by molar-refractivity contribution is -0.118. The Morgan fingerprint density at radius 3 is 2.79 bits per heavy atom. The Morgan fingerprint density at radius 1 is 1.15 bits per heavy atom. The van der Waals surface area contributed by atoms with Crippen LogP contribution in [-0.2, 0) is 4.79 Å². The van der Waals surface area contributed by atoms with Crippen LogP contribution in [0.25, 0.3) is 22.2 Å². The van der Waals surface area contributed by atoms with E-state index in [2.05, 4.69) is 25.3 Å². The third kappa shape index (κ3) is 5.76. The summed E-state index contributed by atoms with van der Waals surface area (Å²) in [6.07, 6.45) is 8.42. The van der Waals surface area contributed by atoms with E-state index in [0.717, 1.165) is 41.4 Å². The maximum Gasteiger partial charge on any atom is 0.263 e. The van der Waals surface area contributed by atoms with Crippen molar-refractivity contribution in [2.45, 2.75) is 38.1 Å². The number of fused-ring (bicyclic) bond motifs is 1. The van der Waals surface area contributed by atoms with Crippen molar-refractivity contribution in [2.24, 2.45) is 5.73 Å². The summed E-state index contributed by atoms with van der Waals surface area (Å²) in [5.74, 6) is 0.894. The molecule has 4 aromatic rings. The minimum absolute atomic E-state index is 0.188. The lowest BCUT2D eigenvalue weighted by Crippen LogP contribution is -2.28. The smallest absolute Gasteiger partial charge is 0.263 e. The number of hydrogen-bond acceptors (Lipinski definition) is 7. The predicted octanol–water partition coefficient (Wildman–Crippen LogP) is 4.00. The zero-order chi connectivity index (χ0) is 23.9. The molecule has 3 heterocycles. The second-order valence-electron chi connectivity index (χ2n) is 7.92. The van der Waals surface area contributed by atoms with E-state index >= 15 is 0 Å². The van der Waals surface area contributed by atoms with Crippen LogP contribution < -0.4 is 15.8 Å². The molecule has 0 aliphatic carbocycles. The van der Waals surface area contributed by atoms with E-state index in [4.69, 9.17) is 10.5 Å². The van der Waals surface area contributed by atoms with Gasteiger partial charge in [-0.25, -0.2) is 4.98 Å². The third-order valence-electron chi connectivity index (χ3n) is 5.51. The van der Waals surface area contributed by atoms with Crippen molar-refractivity contribution in [3.8, 4) is 17.0 Å². The Morgan fingerprint density at radius 2 is 2.03 bits per heavy atom. The van der Waals surface area contributed by atoms with Gasteiger partial charge in [-0.05, 0) is 25.0 Å². The number of benzene rings is 1. The lowest BCUT2D eigenvalue weighted by atomic mass is 10.1. The summed E-state index contributed by atoms with van der Waals surface area (Å²) in [6.45, 7) is 0. The van der Waals surface area contributed by atoms with Gasteiger partial charge < -0.3 is 20.8 Å². The molecule has 34 heavy (non-hydrogen) atoms. The number of unbranched alkanes of at least 4 members (excludes halogenated alkanes) is 2. The number of nitrogens with one attached hydrogen (secondary N) is 2. The number of ether oxygens (including phenoxy) is 1. The van der Waals surface area contributed by atoms with E-state index in [1.54, 1.807) is 31.2 Å². The minimum Gasteiger partial charge on any atom is -0.495 e. The SMILES string of the molecule is COc1cnc2cc(-c3cnc([C@H](CCCCCC(N)=O)NC(=O)c4cncs4)[nH]3)ccc2c1. The topological polar surface area (TPSA) is 136 Å². The third-order valence-corrected chi connectivity index (χ3v) is 6.28. The molecule has 0 fully saturated rings. The Labute approximate surface area is 200 Å². The Balaban J connectivity index is 1.51. The molecule has 176 valence electrons. The second kappa shape index (κ2) is 10.9. The second-order valence-corrected chi connectivity index (χ2v) is 8.81. The van der Waals surface area contributed by atoms with Crippen molar-refractivity contribution >= 4 is 34.1 Å². The van der Waals surface area contributed by atoms with Crippen molar-refractivity contribution < 1.29 is 14.3 Å². The van der Waals surface area contributed by atoms with Gasteiger partial charge in [0, 0.05) is 17.4 Å².